The number of aromatic nitrogens is 1. The summed E-state index contributed by atoms with van der Waals surface area (Å²) in [6, 6.07) is 6.68. The number of nitrogens with zero attached hydrogens (tertiary/aromatic N) is 2. The maximum atomic E-state index is 13.3. The van der Waals surface area contributed by atoms with Crippen LogP contribution in [0.4, 0.5) is 9.18 Å². The van der Waals surface area contributed by atoms with Crippen LogP contribution in [0.3, 0.4) is 0 Å². The van der Waals surface area contributed by atoms with Crippen molar-refractivity contribution in [2.45, 2.75) is 12.5 Å². The van der Waals surface area contributed by atoms with E-state index in [1.807, 2.05) is 18.2 Å². The van der Waals surface area contributed by atoms with Gasteiger partial charge in [-0.25, -0.2) is 14.2 Å². The van der Waals surface area contributed by atoms with Crippen molar-refractivity contribution >= 4 is 39.9 Å². The van der Waals surface area contributed by atoms with E-state index in [0.29, 0.717) is 22.5 Å². The average molecular weight is 414 g/mol. The van der Waals surface area contributed by atoms with Crippen LogP contribution in [0.5, 0.6) is 0 Å². The van der Waals surface area contributed by atoms with Crippen molar-refractivity contribution in [2.24, 2.45) is 0 Å². The maximum Gasteiger partial charge on any atom is 0.322 e. The molecule has 1 aliphatic rings. The Labute approximate surface area is 170 Å². The van der Waals surface area contributed by atoms with Crippen LogP contribution in [0.25, 0.3) is 10.2 Å². The van der Waals surface area contributed by atoms with Gasteiger partial charge in [-0.3, -0.25) is 14.9 Å². The number of carbonyl (C=O) groups is 3. The van der Waals surface area contributed by atoms with Crippen LogP contribution in [0, 0.1) is 0 Å². The Kier molecular flexibility index (Phi) is 5.88. The standard InChI is InChI=1S/C20H19FN4O3S/c1-3-14(21)9-8-13(2)10-25(12-26)11-20(17(27)23-19(28)24-20)18-22-15-6-4-5-7-16(15)29-18/h3-9,12H,2,10-11H2,1H3,(H2,23,24,27,28)/b9-8-,14-3+/t20-/m1/s1. The number of nitrogens with one attached hydrogen (secondary N) is 2. The van der Waals surface area contributed by atoms with E-state index < -0.39 is 23.3 Å². The van der Waals surface area contributed by atoms with Gasteiger partial charge in [-0.1, -0.05) is 30.9 Å². The molecule has 0 bridgehead atoms. The second kappa shape index (κ2) is 8.36. The summed E-state index contributed by atoms with van der Waals surface area (Å²) in [5.74, 6) is -1.02. The van der Waals surface area contributed by atoms with Crippen LogP contribution in [-0.2, 0) is 15.1 Å². The summed E-state index contributed by atoms with van der Waals surface area (Å²) in [7, 11) is 0. The predicted octanol–water partition coefficient (Wildman–Crippen LogP) is 2.78. The molecule has 0 radical (unpaired) electrons. The second-order valence-corrected chi connectivity index (χ2v) is 7.51. The summed E-state index contributed by atoms with van der Waals surface area (Å²) in [5, 5.41) is 5.22. The largest absolute Gasteiger partial charge is 0.338 e. The SMILES string of the molecule is C=C(/C=C\C(F)=C/C)CN(C=O)C[C@@]1(c2nc3ccccc3s2)NC(=O)NC1=O. The number of allylic oxidation sites excluding steroid dienone is 3. The summed E-state index contributed by atoms with van der Waals surface area (Å²) < 4.78 is 14.1. The first-order valence-electron chi connectivity index (χ1n) is 8.74. The van der Waals surface area contributed by atoms with E-state index in [9.17, 15) is 18.8 Å². The van der Waals surface area contributed by atoms with Gasteiger partial charge in [0, 0.05) is 6.54 Å². The normalized spacial score (nSPS) is 19.4. The molecular weight excluding hydrogens is 395 g/mol. The number of carbonyl (C=O) groups excluding carboxylic acids is 3. The number of urea groups is 1. The molecule has 1 fully saturated rings. The lowest BCUT2D eigenvalue weighted by molar-refractivity contribution is -0.126. The molecule has 1 aliphatic heterocycles. The molecule has 4 amide bonds. The molecule has 0 saturated carbocycles. The van der Waals surface area contributed by atoms with E-state index in [0.717, 1.165) is 4.70 Å². The van der Waals surface area contributed by atoms with Crippen LogP contribution in [0.2, 0.25) is 0 Å². The zero-order chi connectivity index (χ0) is 21.0. The number of hydrogen-bond acceptors (Lipinski definition) is 5. The molecule has 0 unspecified atom stereocenters. The topological polar surface area (TPSA) is 91.4 Å². The van der Waals surface area contributed by atoms with Crippen LogP contribution in [0.1, 0.15) is 11.9 Å². The number of amides is 4. The van der Waals surface area contributed by atoms with Crippen LogP contribution in [-0.4, -0.2) is 41.3 Å². The molecule has 1 aromatic heterocycles. The number of rotatable bonds is 8. The Balaban J connectivity index is 1.90. The molecule has 0 spiro atoms. The van der Waals surface area contributed by atoms with Gasteiger partial charge in [0.05, 0.1) is 16.8 Å². The van der Waals surface area contributed by atoms with Gasteiger partial charge in [0.15, 0.2) is 5.54 Å². The molecule has 9 heteroatoms. The highest BCUT2D eigenvalue weighted by molar-refractivity contribution is 7.18. The lowest BCUT2D eigenvalue weighted by Gasteiger charge is -2.29. The molecule has 2 aromatic rings. The van der Waals surface area contributed by atoms with Crippen molar-refractivity contribution < 1.29 is 18.8 Å². The van der Waals surface area contributed by atoms with Gasteiger partial charge in [0.1, 0.15) is 10.8 Å². The minimum atomic E-state index is -1.51. The third kappa shape index (κ3) is 4.24. The number of benzene rings is 1. The average Bonchev–Trinajstić information content (AvgIpc) is 3.26. The molecule has 1 saturated heterocycles. The zero-order valence-corrected chi connectivity index (χ0v) is 16.5. The smallest absolute Gasteiger partial charge is 0.322 e. The quantitative estimate of drug-likeness (QED) is 0.395. The molecule has 2 heterocycles. The first-order chi connectivity index (χ1) is 13.9. The fourth-order valence-corrected chi connectivity index (χ4v) is 4.02. The lowest BCUT2D eigenvalue weighted by Crippen LogP contribution is -2.52. The summed E-state index contributed by atoms with van der Waals surface area (Å²) in [5.41, 5.74) is -0.369. The molecular formula is C20H19FN4O3S. The fourth-order valence-electron chi connectivity index (χ4n) is 2.92. The van der Waals surface area contributed by atoms with Crippen LogP contribution >= 0.6 is 11.3 Å². The van der Waals surface area contributed by atoms with Crippen molar-refractivity contribution in [3.8, 4) is 0 Å². The Morgan fingerprint density at radius 3 is 2.72 bits per heavy atom. The third-order valence-corrected chi connectivity index (χ3v) is 5.55. The van der Waals surface area contributed by atoms with Crippen molar-refractivity contribution in [1.82, 2.24) is 20.5 Å². The van der Waals surface area contributed by atoms with Gasteiger partial charge >= 0.3 is 6.03 Å². The Morgan fingerprint density at radius 2 is 2.10 bits per heavy atom. The highest BCUT2D eigenvalue weighted by atomic mass is 32.1. The number of para-hydroxylation sites is 1. The van der Waals surface area contributed by atoms with E-state index in [-0.39, 0.29) is 13.1 Å². The first-order valence-corrected chi connectivity index (χ1v) is 9.56. The predicted molar refractivity (Wildman–Crippen MR) is 109 cm³/mol. The minimum absolute atomic E-state index is 0.0484. The molecule has 1 aromatic carbocycles. The Bertz CT molecular complexity index is 1010. The lowest BCUT2D eigenvalue weighted by atomic mass is 10.00. The van der Waals surface area contributed by atoms with Gasteiger partial charge in [0.25, 0.3) is 5.91 Å². The zero-order valence-electron chi connectivity index (χ0n) is 15.6. The van der Waals surface area contributed by atoms with Gasteiger partial charge in [-0.15, -0.1) is 11.3 Å². The van der Waals surface area contributed by atoms with E-state index in [1.165, 1.54) is 34.5 Å². The number of halogens is 1. The van der Waals surface area contributed by atoms with Crippen molar-refractivity contribution in [2.75, 3.05) is 13.1 Å². The van der Waals surface area contributed by atoms with Gasteiger partial charge in [-0.05, 0) is 30.7 Å². The molecule has 1 atom stereocenters. The summed E-state index contributed by atoms with van der Waals surface area (Å²) in [4.78, 5) is 42.1. The molecule has 7 nitrogen and oxygen atoms in total. The summed E-state index contributed by atoms with van der Waals surface area (Å²) in [6.07, 6.45) is 4.53. The summed E-state index contributed by atoms with van der Waals surface area (Å²) in [6.45, 7) is 5.27. The Hall–Kier alpha value is -3.33. The molecule has 2 N–H and O–H groups in total. The van der Waals surface area contributed by atoms with E-state index in [2.05, 4.69) is 22.2 Å². The third-order valence-electron chi connectivity index (χ3n) is 4.35. The number of fused-ring (bicyclic) bond motifs is 1. The minimum Gasteiger partial charge on any atom is -0.338 e. The van der Waals surface area contributed by atoms with E-state index >= 15 is 0 Å². The highest BCUT2D eigenvalue weighted by Crippen LogP contribution is 2.33. The molecule has 0 aliphatic carbocycles. The summed E-state index contributed by atoms with van der Waals surface area (Å²) >= 11 is 1.26. The van der Waals surface area contributed by atoms with Gasteiger partial charge < -0.3 is 10.2 Å². The van der Waals surface area contributed by atoms with Gasteiger partial charge in [0.2, 0.25) is 6.41 Å². The second-order valence-electron chi connectivity index (χ2n) is 6.48. The fraction of sp³-hybridized carbons (Fsp3) is 0.200. The monoisotopic (exact) mass is 414 g/mol. The van der Waals surface area contributed by atoms with E-state index in [1.54, 1.807) is 13.0 Å². The maximum absolute atomic E-state index is 13.3. The van der Waals surface area contributed by atoms with E-state index in [4.69, 9.17) is 0 Å². The highest BCUT2D eigenvalue weighted by Gasteiger charge is 2.51. The first kappa shape index (κ1) is 20.4. The number of hydrogen-bond donors (Lipinski definition) is 2. The van der Waals surface area contributed by atoms with Crippen LogP contribution in [0.15, 0.2) is 60.5 Å². The van der Waals surface area contributed by atoms with Crippen LogP contribution < -0.4 is 10.6 Å². The van der Waals surface area contributed by atoms with Crippen molar-refractivity contribution in [1.29, 1.82) is 0 Å². The van der Waals surface area contributed by atoms with Crippen molar-refractivity contribution in [3.63, 3.8) is 0 Å². The number of imide groups is 1. The number of thiazole rings is 1. The van der Waals surface area contributed by atoms with Crippen molar-refractivity contribution in [3.05, 3.63) is 65.5 Å². The molecule has 150 valence electrons. The Morgan fingerprint density at radius 1 is 1.34 bits per heavy atom. The molecule has 29 heavy (non-hydrogen) atoms. The molecule has 3 rings (SSSR count). The van der Waals surface area contributed by atoms with Gasteiger partial charge in [-0.2, -0.15) is 0 Å².